The van der Waals surface area contributed by atoms with E-state index < -0.39 is 17.7 Å². The Hall–Kier alpha value is -1.06. The molecule has 0 aromatic rings. The van der Waals surface area contributed by atoms with Crippen molar-refractivity contribution in [1.82, 2.24) is 4.90 Å². The zero-order valence-electron chi connectivity index (χ0n) is 11.8. The number of aldehydes is 1. The summed E-state index contributed by atoms with van der Waals surface area (Å²) in [5, 5.41) is 0. The summed E-state index contributed by atoms with van der Waals surface area (Å²) >= 11 is 0. The summed E-state index contributed by atoms with van der Waals surface area (Å²) in [7, 11) is 1.62. The summed E-state index contributed by atoms with van der Waals surface area (Å²) in [6.45, 7) is 9.48. The highest BCUT2D eigenvalue weighted by Gasteiger charge is 2.29. The maximum Gasteiger partial charge on any atom is 0.410 e. The average molecular weight is 243 g/mol. The Morgan fingerprint density at radius 1 is 1.29 bits per heavy atom. The predicted molar refractivity (Wildman–Crippen MR) is 67.9 cm³/mol. The molecular weight excluding hydrogens is 218 g/mol. The van der Waals surface area contributed by atoms with Crippen molar-refractivity contribution in [3.63, 3.8) is 0 Å². The molecule has 4 nitrogen and oxygen atoms in total. The third-order valence-corrected chi connectivity index (χ3v) is 2.80. The van der Waals surface area contributed by atoms with Gasteiger partial charge in [0.1, 0.15) is 11.9 Å². The van der Waals surface area contributed by atoms with Gasteiger partial charge in [0, 0.05) is 7.05 Å². The second-order valence-corrected chi connectivity index (χ2v) is 5.29. The Morgan fingerprint density at radius 3 is 2.06 bits per heavy atom. The summed E-state index contributed by atoms with van der Waals surface area (Å²) in [6, 6.07) is -0.403. The predicted octanol–water partition coefficient (Wildman–Crippen LogP) is 2.86. The van der Waals surface area contributed by atoms with E-state index in [1.165, 1.54) is 4.90 Å². The van der Waals surface area contributed by atoms with Crippen molar-refractivity contribution in [2.24, 2.45) is 5.92 Å². The molecule has 0 aliphatic carbocycles. The van der Waals surface area contributed by atoms with Crippen LogP contribution in [-0.2, 0) is 9.53 Å². The van der Waals surface area contributed by atoms with E-state index in [2.05, 4.69) is 0 Å². The first kappa shape index (κ1) is 15.9. The van der Waals surface area contributed by atoms with Crippen LogP contribution in [0, 0.1) is 5.92 Å². The van der Waals surface area contributed by atoms with Crippen LogP contribution < -0.4 is 0 Å². The molecule has 17 heavy (non-hydrogen) atoms. The molecule has 0 radical (unpaired) electrons. The SMILES string of the molecule is CCC(CC)C(C=O)N(C)C(=O)OC(C)(C)C. The number of carbonyl (C=O) groups excluding carboxylic acids is 2. The molecule has 0 aromatic carbocycles. The Kier molecular flexibility index (Phi) is 6.21. The van der Waals surface area contributed by atoms with Crippen LogP contribution in [0.25, 0.3) is 0 Å². The fraction of sp³-hybridized carbons (Fsp3) is 0.846. The number of hydrogen-bond acceptors (Lipinski definition) is 3. The molecule has 0 aliphatic heterocycles. The average Bonchev–Trinajstić information content (AvgIpc) is 2.22. The van der Waals surface area contributed by atoms with Crippen LogP contribution in [0.2, 0.25) is 0 Å². The van der Waals surface area contributed by atoms with Crippen molar-refractivity contribution in [1.29, 1.82) is 0 Å². The van der Waals surface area contributed by atoms with Crippen LogP contribution in [0.1, 0.15) is 47.5 Å². The lowest BCUT2D eigenvalue weighted by Gasteiger charge is -2.31. The largest absolute Gasteiger partial charge is 0.444 e. The Balaban J connectivity index is 4.69. The van der Waals surface area contributed by atoms with Gasteiger partial charge in [0.15, 0.2) is 0 Å². The lowest BCUT2D eigenvalue weighted by atomic mass is 9.94. The van der Waals surface area contributed by atoms with Crippen LogP contribution in [0.5, 0.6) is 0 Å². The van der Waals surface area contributed by atoms with E-state index >= 15 is 0 Å². The number of ether oxygens (including phenoxy) is 1. The molecule has 1 atom stereocenters. The fourth-order valence-electron chi connectivity index (χ4n) is 1.75. The summed E-state index contributed by atoms with van der Waals surface area (Å²) < 4.78 is 5.25. The number of hydrogen-bond donors (Lipinski definition) is 0. The van der Waals surface area contributed by atoms with Gasteiger partial charge in [-0.15, -0.1) is 0 Å². The molecule has 0 bridgehead atoms. The number of likely N-dealkylation sites (N-methyl/N-ethyl adjacent to an activating group) is 1. The van der Waals surface area contributed by atoms with Gasteiger partial charge in [-0.3, -0.25) is 0 Å². The van der Waals surface area contributed by atoms with E-state index in [9.17, 15) is 9.59 Å². The molecule has 1 amide bonds. The lowest BCUT2D eigenvalue weighted by molar-refractivity contribution is -0.113. The lowest BCUT2D eigenvalue weighted by Crippen LogP contribution is -2.45. The van der Waals surface area contributed by atoms with Gasteiger partial charge < -0.3 is 14.4 Å². The Bertz CT molecular complexity index is 254. The monoisotopic (exact) mass is 243 g/mol. The highest BCUT2D eigenvalue weighted by atomic mass is 16.6. The first-order chi connectivity index (χ1) is 7.76. The highest BCUT2D eigenvalue weighted by Crippen LogP contribution is 2.18. The quantitative estimate of drug-likeness (QED) is 0.697. The molecule has 0 fully saturated rings. The van der Waals surface area contributed by atoms with Crippen LogP contribution in [0.3, 0.4) is 0 Å². The second-order valence-electron chi connectivity index (χ2n) is 5.29. The van der Waals surface area contributed by atoms with Gasteiger partial charge in [0.2, 0.25) is 0 Å². The van der Waals surface area contributed by atoms with E-state index in [0.717, 1.165) is 19.1 Å². The molecule has 0 aromatic heterocycles. The Labute approximate surface area is 104 Å². The summed E-state index contributed by atoms with van der Waals surface area (Å²) in [6.07, 6.45) is 2.13. The van der Waals surface area contributed by atoms with Crippen LogP contribution in [0.15, 0.2) is 0 Å². The number of rotatable bonds is 5. The Morgan fingerprint density at radius 2 is 1.76 bits per heavy atom. The summed E-state index contributed by atoms with van der Waals surface area (Å²) in [4.78, 5) is 24.4. The van der Waals surface area contributed by atoms with Crippen molar-refractivity contribution in [3.8, 4) is 0 Å². The van der Waals surface area contributed by atoms with E-state index in [1.54, 1.807) is 7.05 Å². The van der Waals surface area contributed by atoms with Gasteiger partial charge in [-0.1, -0.05) is 26.7 Å². The molecule has 0 aliphatic rings. The van der Waals surface area contributed by atoms with E-state index in [4.69, 9.17) is 4.74 Å². The topological polar surface area (TPSA) is 46.6 Å². The summed E-state index contributed by atoms with van der Waals surface area (Å²) in [5.41, 5.74) is -0.535. The second kappa shape index (κ2) is 6.62. The molecule has 4 heteroatoms. The number of nitrogens with zero attached hydrogens (tertiary/aromatic N) is 1. The maximum atomic E-state index is 11.8. The third kappa shape index (κ3) is 5.20. The van der Waals surface area contributed by atoms with Gasteiger partial charge in [0.25, 0.3) is 0 Å². The number of carbonyl (C=O) groups is 2. The zero-order valence-corrected chi connectivity index (χ0v) is 11.8. The highest BCUT2D eigenvalue weighted by molar-refractivity contribution is 5.73. The minimum atomic E-state index is -0.535. The molecule has 0 spiro atoms. The third-order valence-electron chi connectivity index (χ3n) is 2.80. The molecular formula is C13H25NO3. The molecule has 100 valence electrons. The van der Waals surface area contributed by atoms with E-state index in [0.29, 0.717) is 0 Å². The standard InChI is InChI=1S/C13H25NO3/c1-7-10(8-2)11(9-15)14(6)12(16)17-13(3,4)5/h9-11H,7-8H2,1-6H3. The zero-order chi connectivity index (χ0) is 13.6. The van der Waals surface area contributed by atoms with E-state index in [-0.39, 0.29) is 5.92 Å². The van der Waals surface area contributed by atoms with Crippen LogP contribution in [-0.4, -0.2) is 36.0 Å². The fourth-order valence-corrected chi connectivity index (χ4v) is 1.75. The van der Waals surface area contributed by atoms with E-state index in [1.807, 2.05) is 34.6 Å². The van der Waals surface area contributed by atoms with Gasteiger partial charge >= 0.3 is 6.09 Å². The summed E-state index contributed by atoms with van der Waals surface area (Å²) in [5.74, 6) is 0.185. The molecule has 1 unspecified atom stereocenters. The van der Waals surface area contributed by atoms with Gasteiger partial charge in [-0.2, -0.15) is 0 Å². The van der Waals surface area contributed by atoms with Crippen LogP contribution >= 0.6 is 0 Å². The smallest absolute Gasteiger partial charge is 0.410 e. The molecule has 0 heterocycles. The maximum absolute atomic E-state index is 11.8. The molecule has 0 saturated heterocycles. The van der Waals surface area contributed by atoms with Crippen molar-refractivity contribution in [2.45, 2.75) is 59.1 Å². The van der Waals surface area contributed by atoms with Crippen LogP contribution in [0.4, 0.5) is 4.79 Å². The van der Waals surface area contributed by atoms with Crippen molar-refractivity contribution >= 4 is 12.4 Å². The first-order valence-corrected chi connectivity index (χ1v) is 6.17. The minimum absolute atomic E-state index is 0.185. The van der Waals surface area contributed by atoms with Gasteiger partial charge in [-0.05, 0) is 26.7 Å². The number of amides is 1. The van der Waals surface area contributed by atoms with Gasteiger partial charge in [0.05, 0.1) is 6.04 Å². The van der Waals surface area contributed by atoms with Crippen molar-refractivity contribution in [3.05, 3.63) is 0 Å². The molecule has 0 rings (SSSR count). The minimum Gasteiger partial charge on any atom is -0.444 e. The van der Waals surface area contributed by atoms with Gasteiger partial charge in [-0.25, -0.2) is 4.79 Å². The van der Waals surface area contributed by atoms with Crippen molar-refractivity contribution in [2.75, 3.05) is 7.05 Å². The molecule has 0 saturated carbocycles. The normalized spacial score (nSPS) is 13.4. The molecule has 0 N–H and O–H groups in total. The first-order valence-electron chi connectivity index (χ1n) is 6.17. The van der Waals surface area contributed by atoms with Crippen molar-refractivity contribution < 1.29 is 14.3 Å².